The zero-order chi connectivity index (χ0) is 10.4. The van der Waals surface area contributed by atoms with Gasteiger partial charge in [0.2, 0.25) is 0 Å². The van der Waals surface area contributed by atoms with Crippen LogP contribution in [0.1, 0.15) is 52.4 Å². The molecule has 0 aromatic rings. The van der Waals surface area contributed by atoms with Gasteiger partial charge in [-0.1, -0.05) is 26.2 Å². The molecule has 80 valence electrons. The molecule has 0 aliphatic heterocycles. The van der Waals surface area contributed by atoms with Crippen molar-refractivity contribution in [1.29, 1.82) is 0 Å². The zero-order valence-corrected chi connectivity index (χ0v) is 9.55. The second-order valence-electron chi connectivity index (χ2n) is 4.42. The molecule has 1 aliphatic rings. The molecule has 1 atom stereocenters. The minimum atomic E-state index is 0.290. The summed E-state index contributed by atoms with van der Waals surface area (Å²) in [6.45, 7) is 4.45. The van der Waals surface area contributed by atoms with Crippen LogP contribution < -0.4 is 5.32 Å². The number of hydrogen-bond donors (Lipinski definition) is 1. The van der Waals surface area contributed by atoms with E-state index < -0.39 is 0 Å². The van der Waals surface area contributed by atoms with Gasteiger partial charge in [-0.2, -0.15) is 0 Å². The van der Waals surface area contributed by atoms with Gasteiger partial charge in [0.25, 0.3) is 0 Å². The highest BCUT2D eigenvalue weighted by atomic mass is 14.9. The van der Waals surface area contributed by atoms with Crippen molar-refractivity contribution in [3.63, 3.8) is 0 Å². The fourth-order valence-corrected chi connectivity index (χ4v) is 2.31. The lowest BCUT2D eigenvalue weighted by molar-refractivity contribution is 0.278. The topological polar surface area (TPSA) is 12.0 Å². The van der Waals surface area contributed by atoms with E-state index in [2.05, 4.69) is 25.1 Å². The number of hydrogen-bond acceptors (Lipinski definition) is 1. The Hall–Kier alpha value is -0.480. The van der Waals surface area contributed by atoms with Gasteiger partial charge in [-0.25, -0.2) is 0 Å². The molecule has 1 N–H and O–H groups in total. The Kier molecular flexibility index (Phi) is 5.04. The van der Waals surface area contributed by atoms with Crippen LogP contribution >= 0.6 is 0 Å². The molecule has 1 fully saturated rings. The van der Waals surface area contributed by atoms with Crippen molar-refractivity contribution >= 4 is 0 Å². The molecule has 0 heterocycles. The first kappa shape index (κ1) is 11.6. The number of nitrogens with one attached hydrogen (secondary N) is 1. The highest BCUT2D eigenvalue weighted by molar-refractivity contribution is 4.99. The Bertz CT molecular complexity index is 184. The third kappa shape index (κ3) is 3.35. The Morgan fingerprint density at radius 3 is 2.36 bits per heavy atom. The molecular weight excluding hydrogens is 170 g/mol. The predicted octanol–water partition coefficient (Wildman–Crippen LogP) is 2.96. The van der Waals surface area contributed by atoms with Crippen LogP contribution in [0, 0.1) is 18.3 Å². The van der Waals surface area contributed by atoms with Gasteiger partial charge >= 0.3 is 0 Å². The van der Waals surface area contributed by atoms with Gasteiger partial charge < -0.3 is 5.32 Å². The van der Waals surface area contributed by atoms with Crippen LogP contribution in [0.15, 0.2) is 0 Å². The van der Waals surface area contributed by atoms with Crippen molar-refractivity contribution in [2.45, 2.75) is 64.5 Å². The van der Waals surface area contributed by atoms with Crippen LogP contribution in [-0.4, -0.2) is 12.1 Å². The van der Waals surface area contributed by atoms with Crippen LogP contribution in [-0.2, 0) is 0 Å². The van der Waals surface area contributed by atoms with Crippen LogP contribution in [0.4, 0.5) is 0 Å². The third-order valence-electron chi connectivity index (χ3n) is 3.47. The van der Waals surface area contributed by atoms with Gasteiger partial charge in [-0.3, -0.25) is 0 Å². The van der Waals surface area contributed by atoms with E-state index in [1.165, 1.54) is 32.1 Å². The summed E-state index contributed by atoms with van der Waals surface area (Å²) in [6.07, 6.45) is 13.2. The fraction of sp³-hybridized carbons (Fsp3) is 0.846. The average molecular weight is 193 g/mol. The van der Waals surface area contributed by atoms with E-state index in [1.54, 1.807) is 0 Å². The van der Waals surface area contributed by atoms with E-state index in [1.807, 2.05) is 0 Å². The number of rotatable bonds is 4. The van der Waals surface area contributed by atoms with Gasteiger partial charge in [-0.05, 0) is 38.0 Å². The van der Waals surface area contributed by atoms with E-state index in [4.69, 9.17) is 6.42 Å². The quantitative estimate of drug-likeness (QED) is 0.677. The maximum Gasteiger partial charge on any atom is 0.0686 e. The summed E-state index contributed by atoms with van der Waals surface area (Å²) in [5, 5.41) is 3.56. The molecule has 1 aliphatic carbocycles. The second kappa shape index (κ2) is 6.09. The summed E-state index contributed by atoms with van der Waals surface area (Å²) in [6, 6.07) is 0.969. The molecule has 0 aromatic carbocycles. The van der Waals surface area contributed by atoms with Crippen molar-refractivity contribution in [2.24, 2.45) is 5.92 Å². The summed E-state index contributed by atoms with van der Waals surface area (Å²) in [5.41, 5.74) is 0. The Balaban J connectivity index is 2.25. The van der Waals surface area contributed by atoms with Crippen molar-refractivity contribution in [2.75, 3.05) is 0 Å². The molecule has 0 radical (unpaired) electrons. The summed E-state index contributed by atoms with van der Waals surface area (Å²) in [4.78, 5) is 0. The Morgan fingerprint density at radius 1 is 1.29 bits per heavy atom. The van der Waals surface area contributed by atoms with Crippen molar-refractivity contribution in [3.8, 4) is 12.3 Å². The molecule has 1 saturated carbocycles. The molecule has 0 aromatic heterocycles. The number of terminal acetylenes is 1. The largest absolute Gasteiger partial charge is 0.301 e. The lowest BCUT2D eigenvalue weighted by atomic mass is 9.84. The van der Waals surface area contributed by atoms with E-state index in [9.17, 15) is 0 Å². The minimum absolute atomic E-state index is 0.290. The van der Waals surface area contributed by atoms with Gasteiger partial charge in [0, 0.05) is 6.04 Å². The van der Waals surface area contributed by atoms with Gasteiger partial charge in [0.15, 0.2) is 0 Å². The molecule has 0 spiro atoms. The van der Waals surface area contributed by atoms with E-state index in [-0.39, 0.29) is 6.04 Å². The molecule has 14 heavy (non-hydrogen) atoms. The Morgan fingerprint density at radius 2 is 1.93 bits per heavy atom. The maximum absolute atomic E-state index is 5.44. The predicted molar refractivity (Wildman–Crippen MR) is 62.1 cm³/mol. The molecule has 0 amide bonds. The fourth-order valence-electron chi connectivity index (χ4n) is 2.31. The summed E-state index contributed by atoms with van der Waals surface area (Å²) >= 11 is 0. The standard InChI is InChI=1S/C13H23N/c1-4-11-7-9-13(10-8-11)14-12(5-2)6-3/h2,11-14H,4,6-10H2,1,3H3. The van der Waals surface area contributed by atoms with Crippen LogP contribution in [0.3, 0.4) is 0 Å². The lowest BCUT2D eigenvalue weighted by Gasteiger charge is -2.30. The van der Waals surface area contributed by atoms with Gasteiger partial charge in [0.1, 0.15) is 0 Å². The highest BCUT2D eigenvalue weighted by Gasteiger charge is 2.20. The van der Waals surface area contributed by atoms with Crippen molar-refractivity contribution < 1.29 is 0 Å². The van der Waals surface area contributed by atoms with Crippen LogP contribution in [0.5, 0.6) is 0 Å². The summed E-state index contributed by atoms with van der Waals surface area (Å²) < 4.78 is 0. The normalized spacial score (nSPS) is 29.5. The first-order chi connectivity index (χ1) is 6.80. The van der Waals surface area contributed by atoms with Crippen LogP contribution in [0.2, 0.25) is 0 Å². The molecule has 1 nitrogen and oxygen atoms in total. The van der Waals surface area contributed by atoms with Crippen molar-refractivity contribution in [3.05, 3.63) is 0 Å². The summed E-state index contributed by atoms with van der Waals surface area (Å²) in [5.74, 6) is 3.78. The van der Waals surface area contributed by atoms with E-state index in [0.717, 1.165) is 12.3 Å². The first-order valence-corrected chi connectivity index (χ1v) is 6.02. The maximum atomic E-state index is 5.44. The monoisotopic (exact) mass is 193 g/mol. The minimum Gasteiger partial charge on any atom is -0.301 e. The zero-order valence-electron chi connectivity index (χ0n) is 9.55. The molecule has 0 bridgehead atoms. The molecule has 0 saturated heterocycles. The molecular formula is C13H23N. The van der Waals surface area contributed by atoms with E-state index in [0.29, 0.717) is 6.04 Å². The summed E-state index contributed by atoms with van der Waals surface area (Å²) in [7, 11) is 0. The second-order valence-corrected chi connectivity index (χ2v) is 4.42. The molecule has 1 heteroatoms. The third-order valence-corrected chi connectivity index (χ3v) is 3.47. The molecule has 1 rings (SSSR count). The van der Waals surface area contributed by atoms with Crippen LogP contribution in [0.25, 0.3) is 0 Å². The SMILES string of the molecule is C#CC(CC)NC1CCC(CC)CC1. The Labute approximate surface area is 88.7 Å². The lowest BCUT2D eigenvalue weighted by Crippen LogP contribution is -2.39. The highest BCUT2D eigenvalue weighted by Crippen LogP contribution is 2.26. The van der Waals surface area contributed by atoms with Crippen molar-refractivity contribution in [1.82, 2.24) is 5.32 Å². The molecule has 1 unspecified atom stereocenters. The van der Waals surface area contributed by atoms with Gasteiger partial charge in [0.05, 0.1) is 6.04 Å². The first-order valence-electron chi connectivity index (χ1n) is 6.02. The average Bonchev–Trinajstić information content (AvgIpc) is 2.26. The smallest absolute Gasteiger partial charge is 0.0686 e. The van der Waals surface area contributed by atoms with E-state index >= 15 is 0 Å². The van der Waals surface area contributed by atoms with Gasteiger partial charge in [-0.15, -0.1) is 6.42 Å².